The highest BCUT2D eigenvalue weighted by Crippen LogP contribution is 2.22. The number of benzene rings is 3. The highest BCUT2D eigenvalue weighted by molar-refractivity contribution is 5.16. The standard InChI is InChI=1S/C25H27NO2/c1-4-10-21(11-5-1)16-26-17-24(27-19-22-12-6-2-7-13-22)25(18-26)28-20-23-14-8-3-9-15-23/h1-15,24-25H,16-20H2. The summed E-state index contributed by atoms with van der Waals surface area (Å²) >= 11 is 0. The second kappa shape index (κ2) is 9.65. The van der Waals surface area contributed by atoms with Crippen molar-refractivity contribution in [1.82, 2.24) is 4.90 Å². The number of nitrogens with zero attached hydrogens (tertiary/aromatic N) is 1. The molecule has 2 unspecified atom stereocenters. The van der Waals surface area contributed by atoms with Crippen LogP contribution in [0.15, 0.2) is 91.0 Å². The maximum Gasteiger partial charge on any atom is 0.0980 e. The van der Waals surface area contributed by atoms with Crippen LogP contribution in [0.2, 0.25) is 0 Å². The number of rotatable bonds is 8. The zero-order valence-electron chi connectivity index (χ0n) is 16.1. The van der Waals surface area contributed by atoms with Crippen molar-refractivity contribution >= 4 is 0 Å². The van der Waals surface area contributed by atoms with Gasteiger partial charge < -0.3 is 9.47 Å². The topological polar surface area (TPSA) is 21.7 Å². The van der Waals surface area contributed by atoms with Crippen molar-refractivity contribution in [2.75, 3.05) is 13.1 Å². The first kappa shape index (κ1) is 18.9. The molecule has 0 N–H and O–H groups in total. The lowest BCUT2D eigenvalue weighted by Crippen LogP contribution is -2.29. The molecule has 2 atom stereocenters. The minimum Gasteiger partial charge on any atom is -0.369 e. The number of ether oxygens (including phenoxy) is 2. The van der Waals surface area contributed by atoms with Crippen molar-refractivity contribution in [2.24, 2.45) is 0 Å². The lowest BCUT2D eigenvalue weighted by atomic mass is 10.2. The van der Waals surface area contributed by atoms with Crippen LogP contribution in [0.3, 0.4) is 0 Å². The van der Waals surface area contributed by atoms with E-state index in [9.17, 15) is 0 Å². The fraction of sp³-hybridized carbons (Fsp3) is 0.280. The van der Waals surface area contributed by atoms with E-state index < -0.39 is 0 Å². The summed E-state index contributed by atoms with van der Waals surface area (Å²) < 4.78 is 12.6. The Morgan fingerprint density at radius 2 is 0.964 bits per heavy atom. The van der Waals surface area contributed by atoms with Gasteiger partial charge in [0.1, 0.15) is 0 Å². The summed E-state index contributed by atoms with van der Waals surface area (Å²) in [7, 11) is 0. The molecule has 1 saturated heterocycles. The highest BCUT2D eigenvalue weighted by Gasteiger charge is 2.34. The first-order valence-corrected chi connectivity index (χ1v) is 9.94. The third-order valence-electron chi connectivity index (χ3n) is 5.15. The molecule has 4 rings (SSSR count). The van der Waals surface area contributed by atoms with Crippen LogP contribution in [0.1, 0.15) is 16.7 Å². The van der Waals surface area contributed by atoms with Crippen molar-refractivity contribution in [2.45, 2.75) is 32.0 Å². The van der Waals surface area contributed by atoms with Crippen LogP contribution in [-0.4, -0.2) is 30.2 Å². The summed E-state index contributed by atoms with van der Waals surface area (Å²) in [6.45, 7) is 3.95. The first-order valence-electron chi connectivity index (χ1n) is 9.94. The fourth-order valence-corrected chi connectivity index (χ4v) is 3.66. The zero-order valence-corrected chi connectivity index (χ0v) is 16.1. The Labute approximate surface area is 167 Å². The molecule has 3 nitrogen and oxygen atoms in total. The van der Waals surface area contributed by atoms with Crippen LogP contribution >= 0.6 is 0 Å². The normalized spacial score (nSPS) is 19.7. The molecule has 1 aliphatic heterocycles. The first-order chi connectivity index (χ1) is 13.9. The Kier molecular flexibility index (Phi) is 6.51. The third-order valence-corrected chi connectivity index (χ3v) is 5.15. The third kappa shape index (κ3) is 5.29. The minimum absolute atomic E-state index is 0.0765. The fourth-order valence-electron chi connectivity index (χ4n) is 3.66. The molecule has 0 bridgehead atoms. The van der Waals surface area contributed by atoms with Crippen LogP contribution in [0, 0.1) is 0 Å². The Hall–Kier alpha value is -2.46. The molecule has 1 fully saturated rings. The highest BCUT2D eigenvalue weighted by atomic mass is 16.5. The second-order valence-electron chi connectivity index (χ2n) is 7.35. The van der Waals surface area contributed by atoms with E-state index in [4.69, 9.17) is 9.47 Å². The van der Waals surface area contributed by atoms with Gasteiger partial charge in [0.2, 0.25) is 0 Å². The average Bonchev–Trinajstić information content (AvgIpc) is 3.14. The molecule has 3 aromatic carbocycles. The summed E-state index contributed by atoms with van der Waals surface area (Å²) in [4.78, 5) is 2.43. The van der Waals surface area contributed by atoms with Gasteiger partial charge in [-0.2, -0.15) is 0 Å². The lowest BCUT2D eigenvalue weighted by Gasteiger charge is -2.20. The van der Waals surface area contributed by atoms with Crippen LogP contribution in [-0.2, 0) is 29.2 Å². The van der Waals surface area contributed by atoms with Gasteiger partial charge in [0.15, 0.2) is 0 Å². The Balaban J connectivity index is 1.39. The van der Waals surface area contributed by atoms with Crippen molar-refractivity contribution < 1.29 is 9.47 Å². The molecule has 0 spiro atoms. The van der Waals surface area contributed by atoms with Gasteiger partial charge in [0.25, 0.3) is 0 Å². The molecule has 0 radical (unpaired) electrons. The maximum absolute atomic E-state index is 6.29. The van der Waals surface area contributed by atoms with Crippen molar-refractivity contribution in [3.8, 4) is 0 Å². The van der Waals surface area contributed by atoms with Gasteiger partial charge in [-0.3, -0.25) is 4.90 Å². The summed E-state index contributed by atoms with van der Waals surface area (Å²) in [5.41, 5.74) is 3.73. The number of hydrogen-bond donors (Lipinski definition) is 0. The molecule has 3 aromatic rings. The largest absolute Gasteiger partial charge is 0.369 e. The molecule has 0 aromatic heterocycles. The number of likely N-dealkylation sites (tertiary alicyclic amines) is 1. The molecule has 3 heteroatoms. The quantitative estimate of drug-likeness (QED) is 0.573. The smallest absolute Gasteiger partial charge is 0.0980 e. The summed E-state index contributed by atoms with van der Waals surface area (Å²) in [5.74, 6) is 0. The predicted molar refractivity (Wildman–Crippen MR) is 112 cm³/mol. The Bertz CT molecular complexity index is 771. The van der Waals surface area contributed by atoms with Crippen molar-refractivity contribution in [3.63, 3.8) is 0 Å². The Morgan fingerprint density at radius 1 is 0.571 bits per heavy atom. The van der Waals surface area contributed by atoms with E-state index in [-0.39, 0.29) is 12.2 Å². The van der Waals surface area contributed by atoms with Gasteiger partial charge >= 0.3 is 0 Å². The Morgan fingerprint density at radius 3 is 1.39 bits per heavy atom. The van der Waals surface area contributed by atoms with Crippen molar-refractivity contribution in [3.05, 3.63) is 108 Å². The van der Waals surface area contributed by atoms with Gasteiger partial charge in [-0.1, -0.05) is 91.0 Å². The summed E-state index contributed by atoms with van der Waals surface area (Å²) in [5, 5.41) is 0. The van der Waals surface area contributed by atoms with E-state index in [1.54, 1.807) is 0 Å². The molecule has 28 heavy (non-hydrogen) atoms. The predicted octanol–water partition coefficient (Wildman–Crippen LogP) is 4.67. The molecule has 0 saturated carbocycles. The molecule has 144 valence electrons. The van der Waals surface area contributed by atoms with E-state index in [0.717, 1.165) is 19.6 Å². The minimum atomic E-state index is 0.0765. The van der Waals surface area contributed by atoms with Crippen molar-refractivity contribution in [1.29, 1.82) is 0 Å². The molecule has 1 aliphatic rings. The van der Waals surface area contributed by atoms with Crippen LogP contribution in [0.5, 0.6) is 0 Å². The van der Waals surface area contributed by atoms with E-state index in [0.29, 0.717) is 13.2 Å². The van der Waals surface area contributed by atoms with Gasteiger partial charge in [-0.05, 0) is 16.7 Å². The summed E-state index contributed by atoms with van der Waals surface area (Å²) in [6, 6.07) is 31.3. The number of hydrogen-bond acceptors (Lipinski definition) is 3. The van der Waals surface area contributed by atoms with E-state index in [1.807, 2.05) is 12.1 Å². The monoisotopic (exact) mass is 373 g/mol. The van der Waals surface area contributed by atoms with Gasteiger partial charge in [0, 0.05) is 19.6 Å². The van der Waals surface area contributed by atoms with Gasteiger partial charge in [-0.25, -0.2) is 0 Å². The lowest BCUT2D eigenvalue weighted by molar-refractivity contribution is -0.0591. The molecule has 0 amide bonds. The van der Waals surface area contributed by atoms with Gasteiger partial charge in [0.05, 0.1) is 25.4 Å². The zero-order chi connectivity index (χ0) is 19.0. The molecular weight excluding hydrogens is 346 g/mol. The molecule has 1 heterocycles. The summed E-state index contributed by atoms with van der Waals surface area (Å²) in [6.07, 6.45) is 0.153. The maximum atomic E-state index is 6.29. The van der Waals surface area contributed by atoms with E-state index >= 15 is 0 Å². The van der Waals surface area contributed by atoms with Crippen LogP contribution < -0.4 is 0 Å². The second-order valence-corrected chi connectivity index (χ2v) is 7.35. The average molecular weight is 373 g/mol. The molecule has 0 aliphatic carbocycles. The van der Waals surface area contributed by atoms with Crippen LogP contribution in [0.4, 0.5) is 0 Å². The van der Waals surface area contributed by atoms with E-state index in [1.165, 1.54) is 16.7 Å². The van der Waals surface area contributed by atoms with Gasteiger partial charge in [-0.15, -0.1) is 0 Å². The van der Waals surface area contributed by atoms with E-state index in [2.05, 4.69) is 83.8 Å². The molecular formula is C25H27NO2. The van der Waals surface area contributed by atoms with Crippen LogP contribution in [0.25, 0.3) is 0 Å². The SMILES string of the molecule is c1ccc(COC2CN(Cc3ccccc3)CC2OCc2ccccc2)cc1.